The first-order valence-corrected chi connectivity index (χ1v) is 10.7. The van der Waals surface area contributed by atoms with Crippen LogP contribution >= 0.6 is 0 Å². The number of aromatic amines is 1. The molecule has 0 saturated heterocycles. The van der Waals surface area contributed by atoms with Gasteiger partial charge in [-0.2, -0.15) is 0 Å². The van der Waals surface area contributed by atoms with Gasteiger partial charge in [-0.1, -0.05) is 13.8 Å². The molecule has 0 amide bonds. The second-order valence-electron chi connectivity index (χ2n) is 7.74. The van der Waals surface area contributed by atoms with Gasteiger partial charge in [0.2, 0.25) is 0 Å². The summed E-state index contributed by atoms with van der Waals surface area (Å²) in [5.41, 5.74) is 2.51. The van der Waals surface area contributed by atoms with Crippen LogP contribution in [-0.2, 0) is 0 Å². The Bertz CT molecular complexity index is 994. The first-order valence-electron chi connectivity index (χ1n) is 10.7. The molecule has 1 aliphatic rings. The van der Waals surface area contributed by atoms with Crippen molar-refractivity contribution in [2.45, 2.75) is 38.6 Å². The van der Waals surface area contributed by atoms with Gasteiger partial charge in [0.1, 0.15) is 17.5 Å². The summed E-state index contributed by atoms with van der Waals surface area (Å²) in [5.74, 6) is -1.20. The zero-order valence-electron chi connectivity index (χ0n) is 17.8. The fourth-order valence-electron chi connectivity index (χ4n) is 4.17. The molecule has 1 aliphatic carbocycles. The highest BCUT2D eigenvalue weighted by Crippen LogP contribution is 2.48. The van der Waals surface area contributed by atoms with Gasteiger partial charge in [0.15, 0.2) is 0 Å². The highest BCUT2D eigenvalue weighted by atomic mass is 19.1. The molecular formula is C24H29F3N2O2. The zero-order chi connectivity index (χ0) is 22.5. The lowest BCUT2D eigenvalue weighted by Gasteiger charge is -2.37. The lowest BCUT2D eigenvalue weighted by atomic mass is 9.70. The Labute approximate surface area is 180 Å². The predicted molar refractivity (Wildman–Crippen MR) is 116 cm³/mol. The average molecular weight is 435 g/mol. The normalized spacial score (nSPS) is 18.1. The summed E-state index contributed by atoms with van der Waals surface area (Å²) < 4.78 is 41.7. The number of hydrogen-bond acceptors (Lipinski definition) is 3. The van der Waals surface area contributed by atoms with E-state index in [2.05, 4.69) is 10.3 Å². The van der Waals surface area contributed by atoms with E-state index >= 15 is 0 Å². The fourth-order valence-corrected chi connectivity index (χ4v) is 4.17. The molecule has 7 heteroatoms. The van der Waals surface area contributed by atoms with Gasteiger partial charge >= 0.3 is 0 Å². The minimum absolute atomic E-state index is 0.110. The molecule has 3 aromatic rings. The second-order valence-corrected chi connectivity index (χ2v) is 7.74. The number of aromatic nitrogens is 1. The lowest BCUT2D eigenvalue weighted by molar-refractivity contribution is 0.156. The van der Waals surface area contributed by atoms with Crippen molar-refractivity contribution in [1.82, 2.24) is 10.3 Å². The number of hydrogen-bond donors (Lipinski definition) is 4. The summed E-state index contributed by atoms with van der Waals surface area (Å²) in [5, 5.41) is 22.0. The molecule has 168 valence electrons. The van der Waals surface area contributed by atoms with Crippen LogP contribution in [0.3, 0.4) is 0 Å². The van der Waals surface area contributed by atoms with Crippen LogP contribution < -0.4 is 5.32 Å². The van der Waals surface area contributed by atoms with E-state index < -0.39 is 11.6 Å². The van der Waals surface area contributed by atoms with Gasteiger partial charge in [0, 0.05) is 11.5 Å². The van der Waals surface area contributed by atoms with Crippen molar-refractivity contribution in [2.24, 2.45) is 5.92 Å². The Kier molecular flexibility index (Phi) is 7.75. The van der Waals surface area contributed by atoms with Crippen LogP contribution in [0.1, 0.15) is 38.2 Å². The maximum Gasteiger partial charge on any atom is 0.150 e. The number of H-pyrrole nitrogens is 1. The number of nitrogens with one attached hydrogen (secondary N) is 2. The average Bonchev–Trinajstić information content (AvgIpc) is 3.11. The van der Waals surface area contributed by atoms with Crippen LogP contribution in [-0.4, -0.2) is 41.0 Å². The molecule has 0 radical (unpaired) electrons. The number of aliphatic hydroxyl groups is 2. The first kappa shape index (κ1) is 23.3. The minimum atomic E-state index is -0.652. The molecule has 0 atom stereocenters. The molecule has 1 saturated carbocycles. The summed E-state index contributed by atoms with van der Waals surface area (Å²) in [4.78, 5) is 3.08. The van der Waals surface area contributed by atoms with Crippen molar-refractivity contribution < 1.29 is 23.4 Å². The Hall–Kier alpha value is -2.35. The predicted octanol–water partition coefficient (Wildman–Crippen LogP) is 4.71. The van der Waals surface area contributed by atoms with Crippen LogP contribution in [0.2, 0.25) is 0 Å². The molecule has 1 heterocycles. The summed E-state index contributed by atoms with van der Waals surface area (Å²) in [6, 6.07) is 7.80. The number of benzene rings is 2. The van der Waals surface area contributed by atoms with Crippen molar-refractivity contribution >= 4 is 10.9 Å². The molecule has 31 heavy (non-hydrogen) atoms. The van der Waals surface area contributed by atoms with Gasteiger partial charge in [0.25, 0.3) is 0 Å². The Morgan fingerprint density at radius 3 is 2.26 bits per heavy atom. The highest BCUT2D eigenvalue weighted by Gasteiger charge is 2.34. The summed E-state index contributed by atoms with van der Waals surface area (Å²) in [7, 11) is 0. The van der Waals surface area contributed by atoms with Gasteiger partial charge in [-0.05, 0) is 72.7 Å². The fraction of sp³-hybridized carbons (Fsp3) is 0.417. The van der Waals surface area contributed by atoms with E-state index in [4.69, 9.17) is 10.2 Å². The quantitative estimate of drug-likeness (QED) is 0.435. The van der Waals surface area contributed by atoms with Crippen LogP contribution in [0.4, 0.5) is 13.2 Å². The highest BCUT2D eigenvalue weighted by molar-refractivity contribution is 5.92. The van der Waals surface area contributed by atoms with Crippen molar-refractivity contribution in [3.8, 4) is 11.3 Å². The lowest BCUT2D eigenvalue weighted by Crippen LogP contribution is -2.41. The molecule has 0 bridgehead atoms. The van der Waals surface area contributed by atoms with Crippen molar-refractivity contribution in [3.63, 3.8) is 0 Å². The van der Waals surface area contributed by atoms with Gasteiger partial charge < -0.3 is 20.5 Å². The Morgan fingerprint density at radius 2 is 1.65 bits per heavy atom. The maximum absolute atomic E-state index is 14.4. The number of rotatable bonds is 7. The molecule has 4 nitrogen and oxygen atoms in total. The van der Waals surface area contributed by atoms with Crippen LogP contribution in [0.25, 0.3) is 22.2 Å². The van der Waals surface area contributed by atoms with E-state index in [9.17, 15) is 13.2 Å². The van der Waals surface area contributed by atoms with Gasteiger partial charge in [-0.25, -0.2) is 13.2 Å². The van der Waals surface area contributed by atoms with Crippen LogP contribution in [0.15, 0.2) is 36.4 Å². The third kappa shape index (κ3) is 4.95. The third-order valence-corrected chi connectivity index (χ3v) is 5.78. The van der Waals surface area contributed by atoms with Crippen molar-refractivity contribution in [3.05, 3.63) is 59.4 Å². The summed E-state index contributed by atoms with van der Waals surface area (Å²) in [6.07, 6.45) is 1.63. The molecule has 1 aromatic heterocycles. The van der Waals surface area contributed by atoms with Crippen molar-refractivity contribution in [2.75, 3.05) is 19.8 Å². The summed E-state index contributed by atoms with van der Waals surface area (Å²) in [6.45, 7) is 4.38. The third-order valence-electron chi connectivity index (χ3n) is 5.78. The zero-order valence-corrected chi connectivity index (χ0v) is 17.8. The van der Waals surface area contributed by atoms with E-state index in [0.717, 1.165) is 30.0 Å². The number of aliphatic hydroxyl groups excluding tert-OH is 2. The largest absolute Gasteiger partial charge is 0.395 e. The molecular weight excluding hydrogens is 405 g/mol. The molecule has 0 aliphatic heterocycles. The van der Waals surface area contributed by atoms with Crippen LogP contribution in [0.5, 0.6) is 0 Å². The standard InChI is InChI=1S/C22H23F3N2O2.C2H6/c23-15-3-1-13(2-4-15)21-20(18-7-16(24)8-19(25)22(18)27-21)14-5-12(6-14)9-26-17(10-28)11-29;1-2/h1-4,7-8,12,14,17,26-29H,5-6,9-11H2;1-2H3. The Morgan fingerprint density at radius 1 is 1.00 bits per heavy atom. The van der Waals surface area contributed by atoms with E-state index in [1.807, 2.05) is 13.8 Å². The van der Waals surface area contributed by atoms with Crippen molar-refractivity contribution in [1.29, 1.82) is 0 Å². The summed E-state index contributed by atoms with van der Waals surface area (Å²) >= 11 is 0. The smallest absolute Gasteiger partial charge is 0.150 e. The molecule has 4 rings (SSSR count). The maximum atomic E-state index is 14.4. The topological polar surface area (TPSA) is 68.3 Å². The minimum Gasteiger partial charge on any atom is -0.395 e. The van der Waals surface area contributed by atoms with Gasteiger partial charge in [-0.15, -0.1) is 0 Å². The molecule has 4 N–H and O–H groups in total. The van der Waals surface area contributed by atoms with E-state index in [0.29, 0.717) is 23.5 Å². The van der Waals surface area contributed by atoms with Gasteiger partial charge in [-0.3, -0.25) is 0 Å². The molecule has 2 aromatic carbocycles. The Balaban J connectivity index is 0.00000132. The first-order chi connectivity index (χ1) is 15.0. The van der Waals surface area contributed by atoms with Crippen LogP contribution in [0, 0.1) is 23.4 Å². The van der Waals surface area contributed by atoms with E-state index in [1.54, 1.807) is 12.1 Å². The van der Waals surface area contributed by atoms with E-state index in [-0.39, 0.29) is 36.5 Å². The SMILES string of the molecule is CC.OCC(CO)NCC1CC(c2c(-c3ccc(F)cc3)[nH]c3c(F)cc(F)cc23)C1. The number of fused-ring (bicyclic) bond motifs is 1. The van der Waals surface area contributed by atoms with Gasteiger partial charge in [0.05, 0.1) is 30.5 Å². The second kappa shape index (κ2) is 10.3. The van der Waals surface area contributed by atoms with E-state index in [1.165, 1.54) is 18.2 Å². The number of halogens is 3. The monoisotopic (exact) mass is 434 g/mol. The molecule has 1 fully saturated rings. The molecule has 0 spiro atoms. The molecule has 0 unspecified atom stereocenters.